The molecule has 0 amide bonds. The van der Waals surface area contributed by atoms with Crippen molar-refractivity contribution >= 4 is 29.0 Å². The molecule has 0 aromatic heterocycles. The fourth-order valence-corrected chi connectivity index (χ4v) is 1.47. The third-order valence-corrected chi connectivity index (χ3v) is 2.61. The highest BCUT2D eigenvalue weighted by atomic mass is 35.5. The molecule has 3 nitrogen and oxygen atoms in total. The Morgan fingerprint density at radius 3 is 2.94 bits per heavy atom. The van der Waals surface area contributed by atoms with Gasteiger partial charge in [0, 0.05) is 17.8 Å². The number of allylic oxidation sites excluding steroid dienone is 1. The molecule has 1 aromatic carbocycles. The Bertz CT molecular complexity index is 464. The van der Waals surface area contributed by atoms with Crippen LogP contribution in [0, 0.1) is 11.3 Å². The molecule has 1 rings (SSSR count). The Hall–Kier alpha value is -1.50. The fraction of sp³-hybridized carbons (Fsp3) is 0.0909. The topological polar surface area (TPSA) is 52.9 Å². The summed E-state index contributed by atoms with van der Waals surface area (Å²) < 4.78 is 0. The van der Waals surface area contributed by atoms with Crippen LogP contribution >= 0.6 is 23.2 Å². The number of halogens is 2. The highest BCUT2D eigenvalue weighted by Gasteiger charge is 2.11. The number of ketones is 1. The van der Waals surface area contributed by atoms with E-state index < -0.39 is 0 Å². The number of rotatable bonds is 4. The summed E-state index contributed by atoms with van der Waals surface area (Å²) in [7, 11) is 0. The number of carbonyl (C=O) groups is 1. The van der Waals surface area contributed by atoms with Gasteiger partial charge in [0.1, 0.15) is 0 Å². The first-order chi connectivity index (χ1) is 7.66. The van der Waals surface area contributed by atoms with Gasteiger partial charge in [-0.25, -0.2) is 0 Å². The van der Waals surface area contributed by atoms with Crippen molar-refractivity contribution in [2.24, 2.45) is 0 Å². The standard InChI is InChI=1S/C11H8Cl2N2O/c12-9-4-1-3-8(11(9)13)10(16)7-15-6-2-5-14/h1-4,6,15H,7H2/b6-2+. The van der Waals surface area contributed by atoms with Crippen LogP contribution in [0.4, 0.5) is 0 Å². The highest BCUT2D eigenvalue weighted by molar-refractivity contribution is 6.43. The zero-order chi connectivity index (χ0) is 12.0. The number of nitrogens with zero attached hydrogens (tertiary/aromatic N) is 1. The van der Waals surface area contributed by atoms with Crippen molar-refractivity contribution in [3.63, 3.8) is 0 Å². The quantitative estimate of drug-likeness (QED) is 0.664. The van der Waals surface area contributed by atoms with Gasteiger partial charge in [-0.15, -0.1) is 0 Å². The van der Waals surface area contributed by atoms with E-state index in [4.69, 9.17) is 28.5 Å². The third kappa shape index (κ3) is 3.27. The molecule has 0 unspecified atom stereocenters. The predicted octanol–water partition coefficient (Wildman–Crippen LogP) is 2.80. The number of nitrogens with one attached hydrogen (secondary N) is 1. The number of Topliss-reactive ketones (excluding diaryl/α,β-unsaturated/α-hetero) is 1. The van der Waals surface area contributed by atoms with E-state index in [1.807, 2.05) is 0 Å². The van der Waals surface area contributed by atoms with Crippen LogP contribution in [0.15, 0.2) is 30.5 Å². The number of carbonyl (C=O) groups excluding carboxylic acids is 1. The molecule has 0 heterocycles. The van der Waals surface area contributed by atoms with E-state index in [1.165, 1.54) is 12.3 Å². The fourth-order valence-electron chi connectivity index (χ4n) is 1.06. The van der Waals surface area contributed by atoms with Crippen LogP contribution in [0.25, 0.3) is 0 Å². The van der Waals surface area contributed by atoms with Crippen LogP contribution in [0.3, 0.4) is 0 Å². The summed E-state index contributed by atoms with van der Waals surface area (Å²) in [5.74, 6) is -0.185. The van der Waals surface area contributed by atoms with E-state index in [-0.39, 0.29) is 17.4 Å². The summed E-state index contributed by atoms with van der Waals surface area (Å²) in [5.41, 5.74) is 0.368. The molecule has 0 bridgehead atoms. The summed E-state index contributed by atoms with van der Waals surface area (Å²) >= 11 is 11.7. The van der Waals surface area contributed by atoms with E-state index >= 15 is 0 Å². The van der Waals surface area contributed by atoms with E-state index in [1.54, 1.807) is 24.3 Å². The van der Waals surface area contributed by atoms with Crippen LogP contribution in [0.5, 0.6) is 0 Å². The van der Waals surface area contributed by atoms with Gasteiger partial charge in [0.2, 0.25) is 0 Å². The summed E-state index contributed by atoms with van der Waals surface area (Å²) in [6.45, 7) is 0.0677. The van der Waals surface area contributed by atoms with Crippen molar-refractivity contribution in [1.29, 1.82) is 5.26 Å². The lowest BCUT2D eigenvalue weighted by Gasteiger charge is -2.04. The zero-order valence-corrected chi connectivity index (χ0v) is 9.72. The van der Waals surface area contributed by atoms with E-state index in [0.29, 0.717) is 10.6 Å². The minimum Gasteiger partial charge on any atom is -0.383 e. The molecule has 0 aliphatic carbocycles. The number of nitriles is 1. The van der Waals surface area contributed by atoms with E-state index in [2.05, 4.69) is 5.32 Å². The van der Waals surface area contributed by atoms with Crippen molar-refractivity contribution in [1.82, 2.24) is 5.32 Å². The van der Waals surface area contributed by atoms with Gasteiger partial charge >= 0.3 is 0 Å². The average Bonchev–Trinajstić information content (AvgIpc) is 2.28. The molecule has 0 spiro atoms. The highest BCUT2D eigenvalue weighted by Crippen LogP contribution is 2.25. The van der Waals surface area contributed by atoms with Gasteiger partial charge in [-0.1, -0.05) is 29.3 Å². The molecule has 0 aliphatic heterocycles. The van der Waals surface area contributed by atoms with Gasteiger partial charge in [0.25, 0.3) is 0 Å². The minimum atomic E-state index is -0.185. The van der Waals surface area contributed by atoms with Gasteiger partial charge in [-0.3, -0.25) is 4.79 Å². The molecule has 0 atom stereocenters. The van der Waals surface area contributed by atoms with Gasteiger partial charge in [-0.05, 0) is 12.1 Å². The molecule has 1 aromatic rings. The van der Waals surface area contributed by atoms with Gasteiger partial charge < -0.3 is 5.32 Å². The lowest BCUT2D eigenvalue weighted by molar-refractivity contribution is 0.0995. The predicted molar refractivity (Wildman–Crippen MR) is 63.5 cm³/mol. The first-order valence-electron chi connectivity index (χ1n) is 4.42. The second kappa shape index (κ2) is 6.16. The lowest BCUT2D eigenvalue weighted by Crippen LogP contribution is -2.18. The number of benzene rings is 1. The molecule has 1 N–H and O–H groups in total. The summed E-state index contributed by atoms with van der Waals surface area (Å²) in [5, 5.41) is 11.5. The van der Waals surface area contributed by atoms with Crippen LogP contribution in [0.2, 0.25) is 10.0 Å². The van der Waals surface area contributed by atoms with Crippen LogP contribution in [-0.4, -0.2) is 12.3 Å². The van der Waals surface area contributed by atoms with Gasteiger partial charge in [0.05, 0.1) is 22.7 Å². The minimum absolute atomic E-state index is 0.0677. The molecular weight excluding hydrogens is 247 g/mol. The van der Waals surface area contributed by atoms with Gasteiger partial charge in [0.15, 0.2) is 5.78 Å². The van der Waals surface area contributed by atoms with Crippen molar-refractivity contribution in [3.05, 3.63) is 46.1 Å². The number of hydrogen-bond donors (Lipinski definition) is 1. The molecule has 0 fully saturated rings. The SMILES string of the molecule is N#C/C=C/NCC(=O)c1cccc(Cl)c1Cl. The largest absolute Gasteiger partial charge is 0.383 e. The van der Waals surface area contributed by atoms with Crippen LogP contribution in [-0.2, 0) is 0 Å². The summed E-state index contributed by atoms with van der Waals surface area (Å²) in [4.78, 5) is 11.7. The molecule has 0 saturated carbocycles. The lowest BCUT2D eigenvalue weighted by atomic mass is 10.1. The van der Waals surface area contributed by atoms with Crippen LogP contribution in [0.1, 0.15) is 10.4 Å². The second-order valence-electron chi connectivity index (χ2n) is 2.87. The smallest absolute Gasteiger partial charge is 0.183 e. The Morgan fingerprint density at radius 2 is 2.25 bits per heavy atom. The Kier molecular flexibility index (Phi) is 4.84. The second-order valence-corrected chi connectivity index (χ2v) is 3.65. The van der Waals surface area contributed by atoms with E-state index in [0.717, 1.165) is 0 Å². The number of hydrogen-bond acceptors (Lipinski definition) is 3. The monoisotopic (exact) mass is 254 g/mol. The normalized spacial score (nSPS) is 10.1. The molecule has 0 radical (unpaired) electrons. The molecule has 5 heteroatoms. The zero-order valence-electron chi connectivity index (χ0n) is 8.21. The van der Waals surface area contributed by atoms with Crippen molar-refractivity contribution in [2.45, 2.75) is 0 Å². The molecule has 16 heavy (non-hydrogen) atoms. The van der Waals surface area contributed by atoms with Crippen molar-refractivity contribution in [3.8, 4) is 6.07 Å². The van der Waals surface area contributed by atoms with Crippen molar-refractivity contribution < 1.29 is 4.79 Å². The maximum atomic E-state index is 11.7. The molecule has 0 aliphatic rings. The Balaban J connectivity index is 2.71. The molecular formula is C11H8Cl2N2O. The van der Waals surface area contributed by atoms with Crippen LogP contribution < -0.4 is 5.32 Å². The first-order valence-corrected chi connectivity index (χ1v) is 5.17. The maximum Gasteiger partial charge on any atom is 0.183 e. The molecule has 0 saturated heterocycles. The van der Waals surface area contributed by atoms with Gasteiger partial charge in [-0.2, -0.15) is 5.26 Å². The third-order valence-electron chi connectivity index (χ3n) is 1.79. The first kappa shape index (κ1) is 12.6. The Morgan fingerprint density at radius 1 is 1.50 bits per heavy atom. The summed E-state index contributed by atoms with van der Waals surface area (Å²) in [6, 6.07) is 6.68. The summed E-state index contributed by atoms with van der Waals surface area (Å²) in [6.07, 6.45) is 2.64. The Labute approximate surface area is 103 Å². The molecule has 82 valence electrons. The average molecular weight is 255 g/mol. The van der Waals surface area contributed by atoms with Crippen molar-refractivity contribution in [2.75, 3.05) is 6.54 Å². The van der Waals surface area contributed by atoms with E-state index in [9.17, 15) is 4.79 Å². The maximum absolute atomic E-state index is 11.7.